The number of rotatable bonds is 61. The number of amides is 2. The molecule has 456 valence electrons. The van der Waals surface area contributed by atoms with Crippen LogP contribution in [0, 0.1) is 11.8 Å². The van der Waals surface area contributed by atoms with Crippen LogP contribution >= 0.6 is 0 Å². The van der Waals surface area contributed by atoms with Gasteiger partial charge in [0, 0.05) is 58.4 Å². The number of carbonyl (C=O) groups excluding carboxylic acids is 4. The van der Waals surface area contributed by atoms with Crippen molar-refractivity contribution in [1.29, 1.82) is 0 Å². The monoisotopic (exact) mass is 1090 g/mol. The third kappa shape index (κ3) is 50.5. The molecule has 9 nitrogen and oxygen atoms in total. The number of hydrogen-bond donors (Lipinski definition) is 0. The zero-order valence-corrected chi connectivity index (χ0v) is 52.8. The zero-order valence-electron chi connectivity index (χ0n) is 52.8. The molecule has 0 fully saturated rings. The molecule has 0 N–H and O–H groups in total. The second-order valence-electron chi connectivity index (χ2n) is 24.0. The molecule has 0 heterocycles. The maximum Gasteiger partial charge on any atom is 0.305 e. The van der Waals surface area contributed by atoms with Crippen LogP contribution in [0.5, 0.6) is 0 Å². The van der Waals surface area contributed by atoms with Crippen molar-refractivity contribution in [3.05, 3.63) is 0 Å². The Kier molecular flexibility index (Phi) is 56.9. The molecule has 0 aliphatic heterocycles. The summed E-state index contributed by atoms with van der Waals surface area (Å²) in [5.74, 6) is 1.46. The van der Waals surface area contributed by atoms with E-state index in [4.69, 9.17) is 9.47 Å². The standard InChI is InChI=1S/C68H133N3O6/c1-8-14-20-26-29-37-49-63(47-35-22-16-10-3)61-76-67(74)52-40-33-45-58-70(56-43-24-18-12-5)65(72)51-39-31-28-32-42-55-69(7)60-54-66(73)71(57-44-25-19-13-6)59-46-34-41-53-68(75)77-62-64(48-36-23-17-11-4)50-38-30-27-21-15-9-2/h63-64H,8-62H2,1-7H3. The van der Waals surface area contributed by atoms with E-state index in [0.29, 0.717) is 56.6 Å². The molecule has 0 aliphatic rings. The van der Waals surface area contributed by atoms with Crippen molar-refractivity contribution in [2.75, 3.05) is 59.5 Å². The zero-order chi connectivity index (χ0) is 56.5. The Morgan fingerprint density at radius 1 is 0.286 bits per heavy atom. The Hall–Kier alpha value is -2.16. The summed E-state index contributed by atoms with van der Waals surface area (Å²) in [7, 11) is 2.14. The van der Waals surface area contributed by atoms with E-state index in [1.807, 2.05) is 0 Å². The molecular weight excluding hydrogens is 955 g/mol. The minimum atomic E-state index is -0.0486. The molecule has 2 unspecified atom stereocenters. The highest BCUT2D eigenvalue weighted by molar-refractivity contribution is 5.76. The minimum absolute atomic E-state index is 0.0452. The van der Waals surface area contributed by atoms with Gasteiger partial charge in [0.25, 0.3) is 0 Å². The summed E-state index contributed by atoms with van der Waals surface area (Å²) in [6.07, 6.45) is 52.7. The molecular formula is C68H133N3O6. The Bertz CT molecular complexity index is 1300. The Morgan fingerprint density at radius 2 is 0.545 bits per heavy atom. The topological polar surface area (TPSA) is 96.5 Å². The molecule has 0 radical (unpaired) electrons. The quantitative estimate of drug-likeness (QED) is 0.0442. The molecule has 77 heavy (non-hydrogen) atoms. The molecule has 0 saturated carbocycles. The summed E-state index contributed by atoms with van der Waals surface area (Å²) >= 11 is 0. The molecule has 0 rings (SSSR count). The van der Waals surface area contributed by atoms with E-state index in [2.05, 4.69) is 63.3 Å². The van der Waals surface area contributed by atoms with Crippen LogP contribution in [0.4, 0.5) is 0 Å². The fourth-order valence-electron chi connectivity index (χ4n) is 10.9. The van der Waals surface area contributed by atoms with Crippen molar-refractivity contribution >= 4 is 23.8 Å². The maximum atomic E-state index is 13.5. The third-order valence-corrected chi connectivity index (χ3v) is 16.3. The number of ether oxygens (including phenoxy) is 2. The van der Waals surface area contributed by atoms with Gasteiger partial charge in [-0.05, 0) is 102 Å². The lowest BCUT2D eigenvalue weighted by atomic mass is 9.95. The molecule has 9 heteroatoms. The predicted octanol–water partition coefficient (Wildman–Crippen LogP) is 19.3. The molecule has 2 amide bonds. The third-order valence-electron chi connectivity index (χ3n) is 16.3. The van der Waals surface area contributed by atoms with Gasteiger partial charge >= 0.3 is 11.9 Å². The van der Waals surface area contributed by atoms with Crippen LogP contribution in [0.1, 0.15) is 343 Å². The molecule has 2 atom stereocenters. The van der Waals surface area contributed by atoms with Crippen molar-refractivity contribution in [1.82, 2.24) is 14.7 Å². The molecule has 0 aromatic carbocycles. The van der Waals surface area contributed by atoms with Crippen molar-refractivity contribution in [2.24, 2.45) is 11.8 Å². The first-order chi connectivity index (χ1) is 37.6. The summed E-state index contributed by atoms with van der Waals surface area (Å²) in [5.41, 5.74) is 0. The van der Waals surface area contributed by atoms with Gasteiger partial charge in [-0.1, -0.05) is 241 Å². The lowest BCUT2D eigenvalue weighted by molar-refractivity contribution is -0.146. The van der Waals surface area contributed by atoms with Crippen molar-refractivity contribution < 1.29 is 28.7 Å². The van der Waals surface area contributed by atoms with Crippen LogP contribution in [-0.2, 0) is 28.7 Å². The van der Waals surface area contributed by atoms with Gasteiger partial charge < -0.3 is 24.2 Å². The number of unbranched alkanes of at least 4 members (excludes halogenated alkanes) is 30. The van der Waals surface area contributed by atoms with Gasteiger partial charge in [0.2, 0.25) is 11.8 Å². The van der Waals surface area contributed by atoms with E-state index in [9.17, 15) is 19.2 Å². The summed E-state index contributed by atoms with van der Waals surface area (Å²) in [6.45, 7) is 19.7. The van der Waals surface area contributed by atoms with Gasteiger partial charge in [-0.3, -0.25) is 19.2 Å². The van der Waals surface area contributed by atoms with Crippen LogP contribution in [0.3, 0.4) is 0 Å². The molecule has 0 aromatic heterocycles. The van der Waals surface area contributed by atoms with E-state index in [1.54, 1.807) is 0 Å². The van der Waals surface area contributed by atoms with Crippen molar-refractivity contribution in [2.45, 2.75) is 343 Å². The van der Waals surface area contributed by atoms with Crippen LogP contribution in [0.2, 0.25) is 0 Å². The first-order valence-electron chi connectivity index (χ1n) is 34.2. The fraction of sp³-hybridized carbons (Fsp3) is 0.941. The maximum absolute atomic E-state index is 13.5. The average Bonchev–Trinajstić information content (AvgIpc) is 3.42. The first-order valence-corrected chi connectivity index (χ1v) is 34.2. The van der Waals surface area contributed by atoms with Crippen LogP contribution in [-0.4, -0.2) is 98.0 Å². The summed E-state index contributed by atoms with van der Waals surface area (Å²) in [4.78, 5) is 59.1. The van der Waals surface area contributed by atoms with E-state index < -0.39 is 0 Å². The highest BCUT2D eigenvalue weighted by Gasteiger charge is 2.18. The number of hydrogen-bond acceptors (Lipinski definition) is 7. The SMILES string of the molecule is CCCCCCCCC(CCCCCC)COC(=O)CCCCCN(CCCCCC)C(=O)CCCCCCCN(C)CCC(=O)N(CCCCCC)CCCCCC(=O)OCC(CCCCCC)CCCCCCCC. The number of esters is 2. The Labute approximate surface area is 479 Å². The van der Waals surface area contributed by atoms with Crippen LogP contribution < -0.4 is 0 Å². The first kappa shape index (κ1) is 74.8. The second kappa shape index (κ2) is 58.5. The van der Waals surface area contributed by atoms with Gasteiger partial charge in [-0.25, -0.2) is 0 Å². The minimum Gasteiger partial charge on any atom is -0.465 e. The molecule has 0 aliphatic carbocycles. The molecule has 0 bridgehead atoms. The van der Waals surface area contributed by atoms with Gasteiger partial charge in [0.15, 0.2) is 0 Å². The molecule has 0 saturated heterocycles. The van der Waals surface area contributed by atoms with E-state index >= 15 is 0 Å². The van der Waals surface area contributed by atoms with Gasteiger partial charge in [0.05, 0.1) is 13.2 Å². The molecule has 0 aromatic rings. The highest BCUT2D eigenvalue weighted by atomic mass is 16.5. The van der Waals surface area contributed by atoms with Crippen LogP contribution in [0.25, 0.3) is 0 Å². The van der Waals surface area contributed by atoms with E-state index in [0.717, 1.165) is 129 Å². The van der Waals surface area contributed by atoms with Gasteiger partial charge in [0.1, 0.15) is 0 Å². The molecule has 0 spiro atoms. The lowest BCUT2D eigenvalue weighted by Crippen LogP contribution is -2.35. The Morgan fingerprint density at radius 3 is 0.922 bits per heavy atom. The van der Waals surface area contributed by atoms with Gasteiger partial charge in [-0.15, -0.1) is 0 Å². The second-order valence-corrected chi connectivity index (χ2v) is 24.0. The largest absolute Gasteiger partial charge is 0.465 e. The van der Waals surface area contributed by atoms with E-state index in [1.165, 1.54) is 186 Å². The number of nitrogens with zero attached hydrogens (tertiary/aromatic N) is 3. The fourth-order valence-corrected chi connectivity index (χ4v) is 10.9. The lowest BCUT2D eigenvalue weighted by Gasteiger charge is -2.24. The van der Waals surface area contributed by atoms with Crippen molar-refractivity contribution in [3.8, 4) is 0 Å². The van der Waals surface area contributed by atoms with Crippen molar-refractivity contribution in [3.63, 3.8) is 0 Å². The van der Waals surface area contributed by atoms with Crippen LogP contribution in [0.15, 0.2) is 0 Å². The normalized spacial score (nSPS) is 12.3. The summed E-state index contributed by atoms with van der Waals surface area (Å²) in [5, 5.41) is 0. The van der Waals surface area contributed by atoms with E-state index in [-0.39, 0.29) is 17.8 Å². The smallest absolute Gasteiger partial charge is 0.305 e. The predicted molar refractivity (Wildman–Crippen MR) is 331 cm³/mol. The number of carbonyl (C=O) groups is 4. The summed E-state index contributed by atoms with van der Waals surface area (Å²) < 4.78 is 11.7. The highest BCUT2D eigenvalue weighted by Crippen LogP contribution is 2.22. The Balaban J connectivity index is 4.64. The average molecular weight is 1090 g/mol. The van der Waals surface area contributed by atoms with Gasteiger partial charge in [-0.2, -0.15) is 0 Å². The summed E-state index contributed by atoms with van der Waals surface area (Å²) in [6, 6.07) is 0.